The van der Waals surface area contributed by atoms with Gasteiger partial charge in [0, 0.05) is 18.6 Å². The van der Waals surface area contributed by atoms with Crippen molar-refractivity contribution >= 4 is 5.78 Å². The van der Waals surface area contributed by atoms with Gasteiger partial charge in [0.15, 0.2) is 5.78 Å². The van der Waals surface area contributed by atoms with E-state index in [1.54, 1.807) is 24.3 Å². The molecule has 0 atom stereocenters. The SMILES string of the molecule is COc1ccc(CC(=O)c2c(F)cc(F)cc2F)cc1. The fraction of sp³-hybridized carbons (Fsp3) is 0.133. The van der Waals surface area contributed by atoms with E-state index in [0.29, 0.717) is 23.4 Å². The number of ether oxygens (including phenoxy) is 1. The standard InChI is InChI=1S/C15H11F3O2/c1-20-11-4-2-9(3-5-11)6-14(19)15-12(17)7-10(16)8-13(15)18/h2-5,7-8H,6H2,1H3. The second-order valence-electron chi connectivity index (χ2n) is 4.19. The Bertz CT molecular complexity index is 613. The summed E-state index contributed by atoms with van der Waals surface area (Å²) in [5.74, 6) is -3.58. The Morgan fingerprint density at radius 3 is 2.10 bits per heavy atom. The van der Waals surface area contributed by atoms with Gasteiger partial charge in [-0.3, -0.25) is 4.79 Å². The second-order valence-corrected chi connectivity index (χ2v) is 4.19. The Kier molecular flexibility index (Phi) is 4.08. The van der Waals surface area contributed by atoms with Crippen molar-refractivity contribution in [2.45, 2.75) is 6.42 Å². The van der Waals surface area contributed by atoms with Crippen molar-refractivity contribution in [2.24, 2.45) is 0 Å². The molecule has 2 nitrogen and oxygen atoms in total. The summed E-state index contributed by atoms with van der Waals surface area (Å²) in [5.41, 5.74) is -0.138. The number of ketones is 1. The van der Waals surface area contributed by atoms with E-state index in [9.17, 15) is 18.0 Å². The Morgan fingerprint density at radius 1 is 1.05 bits per heavy atom. The van der Waals surface area contributed by atoms with E-state index in [1.807, 2.05) is 0 Å². The Hall–Kier alpha value is -2.30. The number of carbonyl (C=O) groups is 1. The number of hydrogen-bond donors (Lipinski definition) is 0. The summed E-state index contributed by atoms with van der Waals surface area (Å²) >= 11 is 0. The van der Waals surface area contributed by atoms with Gasteiger partial charge in [0.05, 0.1) is 12.7 Å². The van der Waals surface area contributed by atoms with Crippen LogP contribution in [0.2, 0.25) is 0 Å². The van der Waals surface area contributed by atoms with Gasteiger partial charge in [-0.05, 0) is 17.7 Å². The molecule has 104 valence electrons. The number of halogens is 3. The van der Waals surface area contributed by atoms with Crippen molar-refractivity contribution < 1.29 is 22.7 Å². The first-order chi connectivity index (χ1) is 9.51. The van der Waals surface area contributed by atoms with Crippen LogP contribution in [-0.4, -0.2) is 12.9 Å². The van der Waals surface area contributed by atoms with Crippen LogP contribution in [-0.2, 0) is 6.42 Å². The molecular formula is C15H11F3O2. The van der Waals surface area contributed by atoms with Gasteiger partial charge in [-0.1, -0.05) is 12.1 Å². The van der Waals surface area contributed by atoms with Gasteiger partial charge >= 0.3 is 0 Å². The largest absolute Gasteiger partial charge is 0.497 e. The molecule has 0 aliphatic heterocycles. The van der Waals surface area contributed by atoms with Crippen molar-refractivity contribution in [2.75, 3.05) is 7.11 Å². The van der Waals surface area contributed by atoms with Crippen LogP contribution in [0.4, 0.5) is 13.2 Å². The normalized spacial score (nSPS) is 10.4. The van der Waals surface area contributed by atoms with Gasteiger partial charge in [0.25, 0.3) is 0 Å². The number of methoxy groups -OCH3 is 1. The summed E-state index contributed by atoms with van der Waals surface area (Å²) in [6.07, 6.45) is -0.177. The molecule has 0 bridgehead atoms. The van der Waals surface area contributed by atoms with Crippen LogP contribution in [0.15, 0.2) is 36.4 Å². The van der Waals surface area contributed by atoms with Gasteiger partial charge in [0.2, 0.25) is 0 Å². The molecule has 20 heavy (non-hydrogen) atoms. The molecule has 2 aromatic rings. The molecular weight excluding hydrogens is 269 g/mol. The van der Waals surface area contributed by atoms with E-state index in [1.165, 1.54) is 7.11 Å². The van der Waals surface area contributed by atoms with Crippen LogP contribution in [0.5, 0.6) is 5.75 Å². The quantitative estimate of drug-likeness (QED) is 0.801. The van der Waals surface area contributed by atoms with Gasteiger partial charge in [0.1, 0.15) is 23.2 Å². The van der Waals surface area contributed by atoms with E-state index in [0.717, 1.165) is 0 Å². The lowest BCUT2D eigenvalue weighted by Gasteiger charge is -2.06. The highest BCUT2D eigenvalue weighted by molar-refractivity contribution is 5.98. The smallest absolute Gasteiger partial charge is 0.173 e. The molecule has 0 unspecified atom stereocenters. The van der Waals surface area contributed by atoms with Crippen molar-refractivity contribution in [1.29, 1.82) is 0 Å². The minimum Gasteiger partial charge on any atom is -0.497 e. The number of carbonyl (C=O) groups excluding carboxylic acids is 1. The van der Waals surface area contributed by atoms with Crippen LogP contribution in [0.1, 0.15) is 15.9 Å². The summed E-state index contributed by atoms with van der Waals surface area (Å²) in [6.45, 7) is 0. The van der Waals surface area contributed by atoms with Gasteiger partial charge < -0.3 is 4.74 Å². The summed E-state index contributed by atoms with van der Waals surface area (Å²) in [6, 6.07) is 7.50. The van der Waals surface area contributed by atoms with E-state index >= 15 is 0 Å². The number of rotatable bonds is 4. The Labute approximate surface area is 113 Å². The fourth-order valence-electron chi connectivity index (χ4n) is 1.83. The molecule has 0 radical (unpaired) electrons. The second kappa shape index (κ2) is 5.77. The third-order valence-corrected chi connectivity index (χ3v) is 2.81. The molecule has 2 rings (SSSR count). The maximum atomic E-state index is 13.5. The van der Waals surface area contributed by atoms with Crippen LogP contribution >= 0.6 is 0 Å². The predicted octanol–water partition coefficient (Wildman–Crippen LogP) is 3.54. The first kappa shape index (κ1) is 14.1. The van der Waals surface area contributed by atoms with E-state index in [4.69, 9.17) is 4.74 Å². The zero-order valence-corrected chi connectivity index (χ0v) is 10.6. The minimum atomic E-state index is -1.19. The third-order valence-electron chi connectivity index (χ3n) is 2.81. The monoisotopic (exact) mass is 280 g/mol. The highest BCUT2D eigenvalue weighted by Crippen LogP contribution is 2.18. The third kappa shape index (κ3) is 2.99. The predicted molar refractivity (Wildman–Crippen MR) is 67.3 cm³/mol. The molecule has 0 spiro atoms. The van der Waals surface area contributed by atoms with Crippen LogP contribution in [0.25, 0.3) is 0 Å². The molecule has 0 heterocycles. The van der Waals surface area contributed by atoms with Gasteiger partial charge in [-0.15, -0.1) is 0 Å². The highest BCUT2D eigenvalue weighted by Gasteiger charge is 2.19. The number of Topliss-reactive ketones (excluding diaryl/α,β-unsaturated/α-hetero) is 1. The average Bonchev–Trinajstić information content (AvgIpc) is 2.38. The molecule has 0 aliphatic rings. The lowest BCUT2D eigenvalue weighted by atomic mass is 10.0. The minimum absolute atomic E-state index is 0.177. The first-order valence-corrected chi connectivity index (χ1v) is 5.82. The molecule has 0 aliphatic carbocycles. The first-order valence-electron chi connectivity index (χ1n) is 5.82. The molecule has 0 aromatic heterocycles. The molecule has 0 amide bonds. The van der Waals surface area contributed by atoms with Crippen molar-refractivity contribution in [3.63, 3.8) is 0 Å². The number of hydrogen-bond acceptors (Lipinski definition) is 2. The van der Waals surface area contributed by atoms with E-state index in [2.05, 4.69) is 0 Å². The maximum Gasteiger partial charge on any atom is 0.173 e. The summed E-state index contributed by atoms with van der Waals surface area (Å²) < 4.78 is 44.7. The van der Waals surface area contributed by atoms with Crippen LogP contribution in [0, 0.1) is 17.5 Å². The zero-order chi connectivity index (χ0) is 14.7. The highest BCUT2D eigenvalue weighted by atomic mass is 19.1. The Balaban J connectivity index is 2.23. The molecule has 0 saturated heterocycles. The molecule has 5 heteroatoms. The molecule has 0 fully saturated rings. The molecule has 0 N–H and O–H groups in total. The lowest BCUT2D eigenvalue weighted by Crippen LogP contribution is -2.09. The zero-order valence-electron chi connectivity index (χ0n) is 10.6. The van der Waals surface area contributed by atoms with Gasteiger partial charge in [-0.2, -0.15) is 0 Å². The topological polar surface area (TPSA) is 26.3 Å². The molecule has 0 saturated carbocycles. The lowest BCUT2D eigenvalue weighted by molar-refractivity contribution is 0.0984. The summed E-state index contributed by atoms with van der Waals surface area (Å²) in [5, 5.41) is 0. The summed E-state index contributed by atoms with van der Waals surface area (Å²) in [4.78, 5) is 11.9. The van der Waals surface area contributed by atoms with Crippen LogP contribution in [0.3, 0.4) is 0 Å². The average molecular weight is 280 g/mol. The number of benzene rings is 2. The summed E-state index contributed by atoms with van der Waals surface area (Å²) in [7, 11) is 1.50. The van der Waals surface area contributed by atoms with Crippen molar-refractivity contribution in [1.82, 2.24) is 0 Å². The Morgan fingerprint density at radius 2 is 1.60 bits per heavy atom. The maximum absolute atomic E-state index is 13.5. The van der Waals surface area contributed by atoms with Gasteiger partial charge in [-0.25, -0.2) is 13.2 Å². The van der Waals surface area contributed by atoms with Crippen molar-refractivity contribution in [3.8, 4) is 5.75 Å². The van der Waals surface area contributed by atoms with E-state index in [-0.39, 0.29) is 6.42 Å². The van der Waals surface area contributed by atoms with Crippen molar-refractivity contribution in [3.05, 3.63) is 65.0 Å². The fourth-order valence-corrected chi connectivity index (χ4v) is 1.83. The van der Waals surface area contributed by atoms with E-state index < -0.39 is 28.8 Å². The van der Waals surface area contributed by atoms with Crippen LogP contribution < -0.4 is 4.74 Å². The molecule has 2 aromatic carbocycles.